The molecule has 0 fully saturated rings. The molecule has 1 aliphatic rings. The lowest BCUT2D eigenvalue weighted by molar-refractivity contribution is 0.454. The van der Waals surface area contributed by atoms with Gasteiger partial charge in [-0.15, -0.1) is 0 Å². The van der Waals surface area contributed by atoms with Crippen molar-refractivity contribution in [3.63, 3.8) is 0 Å². The normalized spacial score (nSPS) is 16.7. The minimum atomic E-state index is -3.71. The molecule has 0 saturated heterocycles. The number of nitrogens with one attached hydrogen (secondary N) is 1. The van der Waals surface area contributed by atoms with Crippen LogP contribution in [-0.4, -0.2) is 8.42 Å². The Labute approximate surface area is 131 Å². The lowest BCUT2D eigenvalue weighted by atomic mass is 9.86. The third kappa shape index (κ3) is 2.87. The lowest BCUT2D eigenvalue weighted by Crippen LogP contribution is -2.32. The van der Waals surface area contributed by atoms with Crippen molar-refractivity contribution >= 4 is 10.3 Å². The van der Waals surface area contributed by atoms with Crippen LogP contribution in [-0.2, 0) is 22.3 Å². The maximum absolute atomic E-state index is 11.6. The molecule has 0 bridgehead atoms. The van der Waals surface area contributed by atoms with Crippen molar-refractivity contribution in [2.75, 3.05) is 0 Å². The van der Waals surface area contributed by atoms with E-state index in [1.54, 1.807) is 0 Å². The smallest absolute Gasteiger partial charge is 0.370 e. The first-order valence-corrected chi connectivity index (χ1v) is 8.59. The maximum atomic E-state index is 11.6. The number of hydrogen-bond acceptors (Lipinski definition) is 3. The van der Waals surface area contributed by atoms with E-state index in [2.05, 4.69) is 37.6 Å². The van der Waals surface area contributed by atoms with Gasteiger partial charge in [-0.2, -0.15) is 13.1 Å². The molecule has 0 unspecified atom stereocenters. The summed E-state index contributed by atoms with van der Waals surface area (Å²) in [6.07, 6.45) is 0. The van der Waals surface area contributed by atoms with Crippen molar-refractivity contribution in [2.45, 2.75) is 32.7 Å². The fourth-order valence-electron chi connectivity index (χ4n) is 2.50. The summed E-state index contributed by atoms with van der Waals surface area (Å²) in [5.74, 6) is 0.421. The Morgan fingerprint density at radius 2 is 1.73 bits per heavy atom. The van der Waals surface area contributed by atoms with Gasteiger partial charge in [-0.05, 0) is 16.5 Å². The van der Waals surface area contributed by atoms with Gasteiger partial charge in [0.05, 0.1) is 0 Å². The minimum Gasteiger partial charge on any atom is -0.370 e. The van der Waals surface area contributed by atoms with E-state index in [9.17, 15) is 8.42 Å². The first-order valence-electron chi connectivity index (χ1n) is 7.18. The minimum absolute atomic E-state index is 0.0818. The Hall–Kier alpha value is -1.85. The first kappa shape index (κ1) is 15.1. The van der Waals surface area contributed by atoms with Crippen LogP contribution >= 0.6 is 0 Å². The Kier molecular flexibility index (Phi) is 3.50. The summed E-state index contributed by atoms with van der Waals surface area (Å²) in [5, 5.41) is 0. The summed E-state index contributed by atoms with van der Waals surface area (Å²) < 4.78 is 30.8. The molecule has 1 N–H and O–H groups in total. The summed E-state index contributed by atoms with van der Waals surface area (Å²) >= 11 is 0. The second kappa shape index (κ2) is 5.11. The van der Waals surface area contributed by atoms with Crippen LogP contribution in [0.3, 0.4) is 0 Å². The van der Waals surface area contributed by atoms with Crippen LogP contribution < -0.4 is 8.91 Å². The molecule has 3 rings (SSSR count). The molecule has 116 valence electrons. The van der Waals surface area contributed by atoms with Gasteiger partial charge in [0.15, 0.2) is 5.75 Å². The molecule has 0 aromatic heterocycles. The Bertz CT molecular complexity index is 803. The van der Waals surface area contributed by atoms with Crippen molar-refractivity contribution in [1.29, 1.82) is 0 Å². The van der Waals surface area contributed by atoms with Crippen LogP contribution in [0.2, 0.25) is 0 Å². The quantitative estimate of drug-likeness (QED) is 0.877. The van der Waals surface area contributed by atoms with E-state index in [-0.39, 0.29) is 12.0 Å². The third-order valence-corrected chi connectivity index (χ3v) is 4.67. The molecule has 4 nitrogen and oxygen atoms in total. The van der Waals surface area contributed by atoms with Gasteiger partial charge in [-0.3, -0.25) is 0 Å². The van der Waals surface area contributed by atoms with Crippen LogP contribution in [0.4, 0.5) is 0 Å². The topological polar surface area (TPSA) is 55.4 Å². The molecule has 2 aromatic carbocycles. The Balaban J connectivity index is 2.07. The van der Waals surface area contributed by atoms with Gasteiger partial charge in [0, 0.05) is 17.7 Å². The molecule has 22 heavy (non-hydrogen) atoms. The van der Waals surface area contributed by atoms with Crippen molar-refractivity contribution < 1.29 is 12.6 Å². The highest BCUT2D eigenvalue weighted by Crippen LogP contribution is 2.36. The first-order chi connectivity index (χ1) is 10.3. The monoisotopic (exact) mass is 317 g/mol. The van der Waals surface area contributed by atoms with Gasteiger partial charge in [0.25, 0.3) is 0 Å². The average molecular weight is 317 g/mol. The van der Waals surface area contributed by atoms with Crippen molar-refractivity contribution in [2.24, 2.45) is 0 Å². The van der Waals surface area contributed by atoms with Crippen molar-refractivity contribution in [3.8, 4) is 16.9 Å². The number of rotatable bonds is 1. The van der Waals surface area contributed by atoms with Gasteiger partial charge in [0.2, 0.25) is 0 Å². The van der Waals surface area contributed by atoms with E-state index in [0.29, 0.717) is 5.75 Å². The molecule has 0 amide bonds. The Morgan fingerprint density at radius 3 is 2.36 bits per heavy atom. The van der Waals surface area contributed by atoms with Crippen LogP contribution in [0, 0.1) is 0 Å². The second-order valence-electron chi connectivity index (χ2n) is 6.48. The van der Waals surface area contributed by atoms with E-state index in [4.69, 9.17) is 4.18 Å². The van der Waals surface area contributed by atoms with Gasteiger partial charge in [-0.1, -0.05) is 63.2 Å². The molecule has 1 heterocycles. The second-order valence-corrected chi connectivity index (χ2v) is 7.84. The van der Waals surface area contributed by atoms with E-state index in [0.717, 1.165) is 16.7 Å². The molecule has 0 atom stereocenters. The molecule has 0 saturated carbocycles. The number of benzene rings is 2. The summed E-state index contributed by atoms with van der Waals surface area (Å²) in [4.78, 5) is 0. The highest BCUT2D eigenvalue weighted by atomic mass is 32.2. The molecule has 0 radical (unpaired) electrons. The zero-order valence-electron chi connectivity index (χ0n) is 12.9. The highest BCUT2D eigenvalue weighted by molar-refractivity contribution is 7.85. The number of hydrogen-bond donors (Lipinski definition) is 1. The molecule has 1 aliphatic heterocycles. The highest BCUT2D eigenvalue weighted by Gasteiger charge is 2.24. The fourth-order valence-corrected chi connectivity index (χ4v) is 3.31. The standard InChI is InChI=1S/C17H19NO3S/c1-17(2,3)14-9-7-12(8-10-14)15-6-4-5-13-11-18-22(19,20)21-16(13)15/h4-10,18H,11H2,1-3H3. The van der Waals surface area contributed by atoms with E-state index >= 15 is 0 Å². The van der Waals surface area contributed by atoms with Crippen molar-refractivity contribution in [3.05, 3.63) is 53.6 Å². The zero-order chi connectivity index (χ0) is 16.0. The zero-order valence-corrected chi connectivity index (χ0v) is 13.7. The van der Waals surface area contributed by atoms with Gasteiger partial charge >= 0.3 is 10.3 Å². The lowest BCUT2D eigenvalue weighted by Gasteiger charge is -2.22. The third-order valence-electron chi connectivity index (χ3n) is 3.79. The van der Waals surface area contributed by atoms with Crippen LogP contribution in [0.15, 0.2) is 42.5 Å². The fraction of sp³-hybridized carbons (Fsp3) is 0.294. The molecular weight excluding hydrogens is 298 g/mol. The molecule has 0 aliphatic carbocycles. The van der Waals surface area contributed by atoms with Crippen LogP contribution in [0.5, 0.6) is 5.75 Å². The maximum Gasteiger partial charge on any atom is 0.382 e. The molecule has 2 aromatic rings. The number of fused-ring (bicyclic) bond motifs is 1. The van der Waals surface area contributed by atoms with Gasteiger partial charge in [0.1, 0.15) is 0 Å². The number of para-hydroxylation sites is 1. The predicted octanol–water partition coefficient (Wildman–Crippen LogP) is 3.38. The average Bonchev–Trinajstić information content (AvgIpc) is 2.45. The van der Waals surface area contributed by atoms with Gasteiger partial charge < -0.3 is 4.18 Å². The van der Waals surface area contributed by atoms with E-state index < -0.39 is 10.3 Å². The van der Waals surface area contributed by atoms with E-state index in [1.165, 1.54) is 5.56 Å². The summed E-state index contributed by atoms with van der Waals surface area (Å²) in [6.45, 7) is 6.74. The van der Waals surface area contributed by atoms with Crippen LogP contribution in [0.25, 0.3) is 11.1 Å². The van der Waals surface area contributed by atoms with Crippen molar-refractivity contribution in [1.82, 2.24) is 4.72 Å². The summed E-state index contributed by atoms with van der Waals surface area (Å²) in [6, 6.07) is 13.8. The summed E-state index contributed by atoms with van der Waals surface area (Å²) in [7, 11) is -3.71. The molecule has 0 spiro atoms. The molecular formula is C17H19NO3S. The summed E-state index contributed by atoms with van der Waals surface area (Å²) in [5.41, 5.74) is 3.90. The van der Waals surface area contributed by atoms with Crippen LogP contribution in [0.1, 0.15) is 31.9 Å². The largest absolute Gasteiger partial charge is 0.382 e. The molecule has 5 heteroatoms. The predicted molar refractivity (Wildman–Crippen MR) is 87.0 cm³/mol. The van der Waals surface area contributed by atoms with E-state index in [1.807, 2.05) is 30.3 Å². The SMILES string of the molecule is CC(C)(C)c1ccc(-c2cccc3c2OS(=O)(=O)NC3)cc1. The Morgan fingerprint density at radius 1 is 1.05 bits per heavy atom. The van der Waals surface area contributed by atoms with Gasteiger partial charge in [-0.25, -0.2) is 0 Å².